The first kappa shape index (κ1) is 16.4. The summed E-state index contributed by atoms with van der Waals surface area (Å²) >= 11 is -1.61. The van der Waals surface area contributed by atoms with E-state index < -0.39 is 11.1 Å². The number of rotatable bonds is 7. The second-order valence-corrected chi connectivity index (χ2v) is 6.04. The van der Waals surface area contributed by atoms with Crippen LogP contribution in [0.25, 0.3) is 0 Å². The van der Waals surface area contributed by atoms with Crippen molar-refractivity contribution in [2.75, 3.05) is 20.2 Å². The van der Waals surface area contributed by atoms with Crippen molar-refractivity contribution >= 4 is 17.0 Å². The van der Waals surface area contributed by atoms with E-state index in [0.29, 0.717) is 11.4 Å². The minimum Gasteiger partial charge on any atom is -0.343 e. The van der Waals surface area contributed by atoms with E-state index in [2.05, 4.69) is 0 Å². The third-order valence-electron chi connectivity index (χ3n) is 3.23. The third-order valence-corrected chi connectivity index (χ3v) is 4.22. The number of benzene rings is 2. The van der Waals surface area contributed by atoms with Crippen LogP contribution in [-0.4, -0.2) is 35.2 Å². The van der Waals surface area contributed by atoms with Gasteiger partial charge in [0.2, 0.25) is 5.91 Å². The molecule has 0 aromatic heterocycles. The number of carbonyl (C=O) groups is 1. The predicted molar refractivity (Wildman–Crippen MR) is 86.6 cm³/mol. The van der Waals surface area contributed by atoms with Crippen molar-refractivity contribution in [3.05, 3.63) is 66.2 Å². The molecule has 2 aromatic rings. The van der Waals surface area contributed by atoms with Gasteiger partial charge in [0.25, 0.3) is 0 Å². The van der Waals surface area contributed by atoms with Gasteiger partial charge in [0.05, 0.1) is 4.90 Å². The van der Waals surface area contributed by atoms with Crippen LogP contribution >= 0.6 is 0 Å². The van der Waals surface area contributed by atoms with Gasteiger partial charge >= 0.3 is 0 Å². The van der Waals surface area contributed by atoms with Crippen LogP contribution in [0.1, 0.15) is 5.56 Å². The Morgan fingerprint density at radius 3 is 2.27 bits per heavy atom. The third kappa shape index (κ3) is 5.09. The quantitative estimate of drug-likeness (QED) is 0.788. The van der Waals surface area contributed by atoms with Crippen LogP contribution in [0.4, 0.5) is 0 Å². The summed E-state index contributed by atoms with van der Waals surface area (Å²) in [4.78, 5) is 14.1. The zero-order chi connectivity index (χ0) is 15.8. The van der Waals surface area contributed by atoms with E-state index in [1.807, 2.05) is 36.4 Å². The minimum absolute atomic E-state index is 0.180. The first-order chi connectivity index (χ1) is 10.7. The van der Waals surface area contributed by atoms with Crippen molar-refractivity contribution in [1.82, 2.24) is 4.90 Å². The molecule has 0 saturated heterocycles. The van der Waals surface area contributed by atoms with Crippen molar-refractivity contribution in [3.63, 3.8) is 0 Å². The molecule has 0 saturated carbocycles. The molecule has 2 rings (SSSR count). The summed E-state index contributed by atoms with van der Waals surface area (Å²) in [5, 5.41) is 0. The Kier molecular flexibility index (Phi) is 6.30. The van der Waals surface area contributed by atoms with Gasteiger partial charge in [0.1, 0.15) is 6.61 Å². The summed E-state index contributed by atoms with van der Waals surface area (Å²) in [5.74, 6) is -0.180. The minimum atomic E-state index is -1.61. The van der Waals surface area contributed by atoms with E-state index >= 15 is 0 Å². The Morgan fingerprint density at radius 1 is 1.05 bits per heavy atom. The van der Waals surface area contributed by atoms with Gasteiger partial charge in [-0.2, -0.15) is 0 Å². The maximum Gasteiger partial charge on any atom is 0.249 e. The summed E-state index contributed by atoms with van der Waals surface area (Å²) in [6.45, 7) is 0.414. The molecule has 116 valence electrons. The van der Waals surface area contributed by atoms with E-state index in [4.69, 9.17) is 4.18 Å². The molecule has 0 bridgehead atoms. The SMILES string of the molecule is CN(CCc1ccccc1)C(=O)COS(=O)c1ccccc1. The van der Waals surface area contributed by atoms with E-state index in [1.54, 1.807) is 36.2 Å². The van der Waals surface area contributed by atoms with Crippen LogP contribution in [0.15, 0.2) is 65.6 Å². The highest BCUT2D eigenvalue weighted by Crippen LogP contribution is 2.07. The largest absolute Gasteiger partial charge is 0.343 e. The molecule has 0 fully saturated rings. The van der Waals surface area contributed by atoms with Gasteiger partial charge in [-0.25, -0.2) is 4.21 Å². The van der Waals surface area contributed by atoms with Crippen molar-refractivity contribution in [3.8, 4) is 0 Å². The Hall–Kier alpha value is -1.98. The van der Waals surface area contributed by atoms with E-state index in [0.717, 1.165) is 6.42 Å². The molecule has 0 N–H and O–H groups in total. The average molecular weight is 317 g/mol. The molecule has 0 aliphatic carbocycles. The first-order valence-corrected chi connectivity index (χ1v) is 8.12. The van der Waals surface area contributed by atoms with E-state index in [-0.39, 0.29) is 12.5 Å². The lowest BCUT2D eigenvalue weighted by molar-refractivity contribution is -0.131. The number of hydrogen-bond acceptors (Lipinski definition) is 3. The lowest BCUT2D eigenvalue weighted by Gasteiger charge is -2.16. The van der Waals surface area contributed by atoms with Crippen LogP contribution in [0, 0.1) is 0 Å². The van der Waals surface area contributed by atoms with Gasteiger partial charge in [-0.1, -0.05) is 48.5 Å². The average Bonchev–Trinajstić information content (AvgIpc) is 2.58. The molecule has 1 unspecified atom stereocenters. The van der Waals surface area contributed by atoms with Crippen molar-refractivity contribution in [2.24, 2.45) is 0 Å². The molecule has 4 nitrogen and oxygen atoms in total. The molecule has 0 aliphatic rings. The Bertz CT molecular complexity index is 616. The summed E-state index contributed by atoms with van der Waals surface area (Å²) in [7, 11) is 1.72. The Balaban J connectivity index is 1.76. The highest BCUT2D eigenvalue weighted by molar-refractivity contribution is 7.80. The van der Waals surface area contributed by atoms with Crippen LogP contribution < -0.4 is 0 Å². The maximum absolute atomic E-state index is 12.0. The van der Waals surface area contributed by atoms with Gasteiger partial charge < -0.3 is 4.90 Å². The van der Waals surface area contributed by atoms with Crippen molar-refractivity contribution in [1.29, 1.82) is 0 Å². The van der Waals surface area contributed by atoms with Gasteiger partial charge in [-0.3, -0.25) is 8.98 Å². The molecular weight excluding hydrogens is 298 g/mol. The Labute approximate surface area is 133 Å². The summed E-state index contributed by atoms with van der Waals surface area (Å²) in [6, 6.07) is 18.8. The van der Waals surface area contributed by atoms with Crippen molar-refractivity contribution < 1.29 is 13.2 Å². The topological polar surface area (TPSA) is 46.6 Å². The van der Waals surface area contributed by atoms with E-state index in [1.165, 1.54) is 5.56 Å². The van der Waals surface area contributed by atoms with Crippen LogP contribution in [-0.2, 0) is 26.5 Å². The van der Waals surface area contributed by atoms with Gasteiger partial charge in [-0.15, -0.1) is 0 Å². The molecule has 0 heterocycles. The first-order valence-electron chi connectivity index (χ1n) is 7.05. The van der Waals surface area contributed by atoms with E-state index in [9.17, 15) is 9.00 Å². The van der Waals surface area contributed by atoms with Crippen molar-refractivity contribution in [2.45, 2.75) is 11.3 Å². The predicted octanol–water partition coefficient (Wildman–Crippen LogP) is 2.43. The standard InChI is InChI=1S/C17H19NO3S/c1-18(13-12-15-8-4-2-5-9-15)17(19)14-21-22(20)16-10-6-3-7-11-16/h2-11H,12-14H2,1H3. The fourth-order valence-electron chi connectivity index (χ4n) is 1.88. The van der Waals surface area contributed by atoms with Crippen LogP contribution in [0.5, 0.6) is 0 Å². The molecule has 2 aromatic carbocycles. The zero-order valence-electron chi connectivity index (χ0n) is 12.5. The van der Waals surface area contributed by atoms with Crippen LogP contribution in [0.3, 0.4) is 0 Å². The summed E-state index contributed by atoms with van der Waals surface area (Å²) in [5.41, 5.74) is 1.18. The van der Waals surface area contributed by atoms with Gasteiger partial charge in [0.15, 0.2) is 11.1 Å². The number of carbonyl (C=O) groups excluding carboxylic acids is 1. The van der Waals surface area contributed by atoms with Gasteiger partial charge in [-0.05, 0) is 24.1 Å². The second-order valence-electron chi connectivity index (χ2n) is 4.86. The normalized spacial score (nSPS) is 11.9. The lowest BCUT2D eigenvalue weighted by Crippen LogP contribution is -2.32. The lowest BCUT2D eigenvalue weighted by atomic mass is 10.1. The number of nitrogens with zero attached hydrogens (tertiary/aromatic N) is 1. The smallest absolute Gasteiger partial charge is 0.249 e. The maximum atomic E-state index is 12.0. The highest BCUT2D eigenvalue weighted by Gasteiger charge is 2.12. The summed E-state index contributed by atoms with van der Waals surface area (Å²) < 4.78 is 17.0. The van der Waals surface area contributed by atoms with Gasteiger partial charge in [0, 0.05) is 13.6 Å². The molecule has 5 heteroatoms. The fraction of sp³-hybridized carbons (Fsp3) is 0.235. The number of likely N-dealkylation sites (N-methyl/N-ethyl adjacent to an activating group) is 1. The monoisotopic (exact) mass is 317 g/mol. The fourth-order valence-corrected chi connectivity index (χ4v) is 2.60. The van der Waals surface area contributed by atoms with Crippen LogP contribution in [0.2, 0.25) is 0 Å². The molecule has 1 amide bonds. The Morgan fingerprint density at radius 2 is 1.64 bits per heavy atom. The molecule has 0 spiro atoms. The zero-order valence-corrected chi connectivity index (χ0v) is 13.3. The number of hydrogen-bond donors (Lipinski definition) is 0. The molecular formula is C17H19NO3S. The molecule has 22 heavy (non-hydrogen) atoms. The number of amides is 1. The molecule has 1 atom stereocenters. The molecule has 0 aliphatic heterocycles. The highest BCUT2D eigenvalue weighted by atomic mass is 32.2. The second kappa shape index (κ2) is 8.46. The summed E-state index contributed by atoms with van der Waals surface area (Å²) in [6.07, 6.45) is 0.783. The molecule has 0 radical (unpaired) electrons.